The van der Waals surface area contributed by atoms with Crippen LogP contribution in [0.3, 0.4) is 0 Å². The third-order valence-corrected chi connectivity index (χ3v) is 5.81. The Hall–Kier alpha value is -2.77. The first-order chi connectivity index (χ1) is 13.7. The lowest BCUT2D eigenvalue weighted by molar-refractivity contribution is 0.783. The zero-order valence-corrected chi connectivity index (χ0v) is 16.6. The summed E-state index contributed by atoms with van der Waals surface area (Å²) in [6.07, 6.45) is 9.11. The van der Waals surface area contributed by atoms with Crippen LogP contribution in [0.2, 0.25) is 0 Å². The van der Waals surface area contributed by atoms with Gasteiger partial charge in [0, 0.05) is 56.3 Å². The first-order valence-corrected chi connectivity index (χ1v) is 10.3. The van der Waals surface area contributed by atoms with E-state index in [2.05, 4.69) is 41.3 Å². The molecule has 0 spiro atoms. The summed E-state index contributed by atoms with van der Waals surface area (Å²) < 4.78 is 2.06. The predicted octanol–water partition coefficient (Wildman–Crippen LogP) is 1.99. The molecule has 0 saturated carbocycles. The molecule has 3 aromatic heterocycles. The molecule has 0 amide bonds. The lowest BCUT2D eigenvalue weighted by Crippen LogP contribution is -2.32. The summed E-state index contributed by atoms with van der Waals surface area (Å²) in [4.78, 5) is 18.9. The van der Waals surface area contributed by atoms with Gasteiger partial charge >= 0.3 is 0 Å². The van der Waals surface area contributed by atoms with Crippen LogP contribution < -0.4 is 9.80 Å². The van der Waals surface area contributed by atoms with Gasteiger partial charge in [0.15, 0.2) is 5.82 Å². The van der Waals surface area contributed by atoms with Crippen LogP contribution in [0, 0.1) is 6.92 Å². The fourth-order valence-corrected chi connectivity index (χ4v) is 4.46. The van der Waals surface area contributed by atoms with Crippen molar-refractivity contribution in [1.29, 1.82) is 0 Å². The van der Waals surface area contributed by atoms with E-state index in [0.29, 0.717) is 0 Å². The largest absolute Gasteiger partial charge is 0.354 e. The maximum absolute atomic E-state index is 4.83. The van der Waals surface area contributed by atoms with E-state index in [0.717, 1.165) is 80.8 Å². The molecule has 0 N–H and O–H groups in total. The van der Waals surface area contributed by atoms with Crippen molar-refractivity contribution in [3.63, 3.8) is 0 Å². The molecule has 1 fully saturated rings. The molecule has 0 unspecified atom stereocenters. The fourth-order valence-electron chi connectivity index (χ4n) is 4.46. The van der Waals surface area contributed by atoms with Crippen LogP contribution in [-0.4, -0.2) is 55.7 Å². The van der Waals surface area contributed by atoms with Crippen molar-refractivity contribution >= 4 is 17.3 Å². The number of hydrogen-bond donors (Lipinski definition) is 0. The Balaban J connectivity index is 1.42. The topological polar surface area (TPSA) is 75.3 Å². The summed E-state index contributed by atoms with van der Waals surface area (Å²) in [6.45, 7) is 7.91. The van der Waals surface area contributed by atoms with E-state index in [1.165, 1.54) is 17.7 Å². The summed E-state index contributed by atoms with van der Waals surface area (Å²) in [6, 6.07) is 0. The number of anilines is 2. The summed E-state index contributed by atoms with van der Waals surface area (Å²) in [5, 5.41) is 8.73. The summed E-state index contributed by atoms with van der Waals surface area (Å²) in [7, 11) is 0. The maximum atomic E-state index is 4.83. The minimum absolute atomic E-state index is 0.853. The van der Waals surface area contributed by atoms with Crippen molar-refractivity contribution < 1.29 is 0 Å². The van der Waals surface area contributed by atoms with Gasteiger partial charge in [0.1, 0.15) is 17.5 Å². The van der Waals surface area contributed by atoms with E-state index in [4.69, 9.17) is 4.98 Å². The third-order valence-electron chi connectivity index (χ3n) is 5.81. The van der Waals surface area contributed by atoms with E-state index < -0.39 is 0 Å². The van der Waals surface area contributed by atoms with Crippen LogP contribution in [0.5, 0.6) is 0 Å². The summed E-state index contributed by atoms with van der Waals surface area (Å²) in [5.41, 5.74) is 3.47. The van der Waals surface area contributed by atoms with Crippen LogP contribution in [-0.2, 0) is 19.3 Å². The van der Waals surface area contributed by atoms with Gasteiger partial charge in [-0.15, -0.1) is 10.2 Å². The van der Waals surface area contributed by atoms with Crippen LogP contribution in [0.4, 0.5) is 11.6 Å². The molecule has 0 atom stereocenters. The molecule has 0 bridgehead atoms. The highest BCUT2D eigenvalue weighted by molar-refractivity contribution is 5.64. The van der Waals surface area contributed by atoms with Gasteiger partial charge in [0.25, 0.3) is 0 Å². The number of aryl methyl sites for hydroxylation is 3. The van der Waals surface area contributed by atoms with Gasteiger partial charge in [-0.2, -0.15) is 0 Å². The second-order valence-electron chi connectivity index (χ2n) is 7.62. The highest BCUT2D eigenvalue weighted by atomic mass is 15.3. The van der Waals surface area contributed by atoms with Crippen molar-refractivity contribution in [3.05, 3.63) is 35.3 Å². The molecule has 1 saturated heterocycles. The van der Waals surface area contributed by atoms with E-state index in [-0.39, 0.29) is 0 Å². The zero-order valence-electron chi connectivity index (χ0n) is 16.6. The van der Waals surface area contributed by atoms with E-state index in [1.807, 2.05) is 19.3 Å². The molecular weight excluding hydrogens is 352 g/mol. The van der Waals surface area contributed by atoms with Gasteiger partial charge in [-0.1, -0.05) is 6.92 Å². The molecule has 1 aliphatic heterocycles. The summed E-state index contributed by atoms with van der Waals surface area (Å²) >= 11 is 0. The molecular formula is C20H26N8. The Morgan fingerprint density at radius 3 is 2.57 bits per heavy atom. The van der Waals surface area contributed by atoms with Crippen LogP contribution >= 0.6 is 0 Å². The van der Waals surface area contributed by atoms with Gasteiger partial charge in [-0.3, -0.25) is 4.40 Å². The van der Waals surface area contributed by atoms with E-state index in [9.17, 15) is 0 Å². The molecule has 0 aromatic carbocycles. The normalized spacial score (nSPS) is 17.2. The zero-order chi connectivity index (χ0) is 19.1. The minimum atomic E-state index is 0.853. The second-order valence-corrected chi connectivity index (χ2v) is 7.62. The highest BCUT2D eigenvalue weighted by Gasteiger charge is 2.25. The Labute approximate surface area is 164 Å². The number of hydrogen-bond acceptors (Lipinski definition) is 7. The molecule has 146 valence electrons. The molecule has 8 nitrogen and oxygen atoms in total. The SMILES string of the molecule is CCc1nnc2c(N3CCCN(c4nc(C)nc5c4CCC5)CC3)nccn12. The van der Waals surface area contributed by atoms with Crippen molar-refractivity contribution in [2.24, 2.45) is 0 Å². The quantitative estimate of drug-likeness (QED) is 0.690. The third kappa shape index (κ3) is 2.87. The smallest absolute Gasteiger partial charge is 0.203 e. The molecule has 28 heavy (non-hydrogen) atoms. The maximum Gasteiger partial charge on any atom is 0.203 e. The van der Waals surface area contributed by atoms with Gasteiger partial charge in [0.2, 0.25) is 5.65 Å². The van der Waals surface area contributed by atoms with E-state index >= 15 is 0 Å². The Morgan fingerprint density at radius 2 is 1.75 bits per heavy atom. The van der Waals surface area contributed by atoms with Crippen molar-refractivity contribution in [2.75, 3.05) is 36.0 Å². The van der Waals surface area contributed by atoms with Crippen molar-refractivity contribution in [2.45, 2.75) is 46.0 Å². The second kappa shape index (κ2) is 7.00. The Kier molecular flexibility index (Phi) is 4.33. The molecule has 8 heteroatoms. The van der Waals surface area contributed by atoms with Crippen LogP contribution in [0.25, 0.3) is 5.65 Å². The van der Waals surface area contributed by atoms with Gasteiger partial charge < -0.3 is 9.80 Å². The number of aromatic nitrogens is 6. The number of rotatable bonds is 3. The van der Waals surface area contributed by atoms with Crippen LogP contribution in [0.1, 0.15) is 42.7 Å². The van der Waals surface area contributed by atoms with E-state index in [1.54, 1.807) is 0 Å². The lowest BCUT2D eigenvalue weighted by atomic mass is 10.2. The molecule has 2 aliphatic rings. The lowest BCUT2D eigenvalue weighted by Gasteiger charge is -2.25. The van der Waals surface area contributed by atoms with Gasteiger partial charge in [-0.25, -0.2) is 15.0 Å². The first kappa shape index (κ1) is 17.3. The highest BCUT2D eigenvalue weighted by Crippen LogP contribution is 2.30. The fraction of sp³-hybridized carbons (Fsp3) is 0.550. The number of nitrogens with zero attached hydrogens (tertiary/aromatic N) is 8. The van der Waals surface area contributed by atoms with Gasteiger partial charge in [-0.05, 0) is 32.6 Å². The minimum Gasteiger partial charge on any atom is -0.354 e. The standard InChI is InChI=1S/C20H26N8/c1-3-17-24-25-20-19(21-8-11-28(17)20)27-10-5-9-26(12-13-27)18-15-6-4-7-16(15)22-14(2)23-18/h8,11H,3-7,9-10,12-13H2,1-2H3. The average molecular weight is 378 g/mol. The predicted molar refractivity (Wildman–Crippen MR) is 108 cm³/mol. The number of fused-ring (bicyclic) bond motifs is 2. The molecule has 4 heterocycles. The Bertz CT molecular complexity index is 1010. The first-order valence-electron chi connectivity index (χ1n) is 10.3. The van der Waals surface area contributed by atoms with Crippen molar-refractivity contribution in [1.82, 2.24) is 29.5 Å². The van der Waals surface area contributed by atoms with Gasteiger partial charge in [0.05, 0.1) is 0 Å². The molecule has 3 aromatic rings. The molecule has 0 radical (unpaired) electrons. The molecule has 1 aliphatic carbocycles. The summed E-state index contributed by atoms with van der Waals surface area (Å²) in [5.74, 6) is 3.95. The van der Waals surface area contributed by atoms with Crippen LogP contribution in [0.15, 0.2) is 12.4 Å². The molecule has 5 rings (SSSR count). The van der Waals surface area contributed by atoms with Crippen molar-refractivity contribution in [3.8, 4) is 0 Å². The monoisotopic (exact) mass is 378 g/mol. The average Bonchev–Trinajstić information content (AvgIpc) is 3.27. The Morgan fingerprint density at radius 1 is 0.929 bits per heavy atom.